The van der Waals surface area contributed by atoms with Gasteiger partial charge >= 0.3 is 5.97 Å². The van der Waals surface area contributed by atoms with Crippen molar-refractivity contribution in [1.82, 2.24) is 9.78 Å². The SMILES string of the molecule is CCCNc1cnn(CC(=O)OC)c(=O)c1Cl. The Bertz CT molecular complexity index is 459. The van der Waals surface area contributed by atoms with Crippen LogP contribution < -0.4 is 10.9 Å². The van der Waals surface area contributed by atoms with Crippen LogP contribution in [0.3, 0.4) is 0 Å². The lowest BCUT2D eigenvalue weighted by molar-refractivity contribution is -0.141. The van der Waals surface area contributed by atoms with Gasteiger partial charge < -0.3 is 10.1 Å². The molecule has 0 bridgehead atoms. The molecule has 7 heteroatoms. The summed E-state index contributed by atoms with van der Waals surface area (Å²) in [6.45, 7) is 2.44. The van der Waals surface area contributed by atoms with Crippen LogP contribution in [0.2, 0.25) is 5.02 Å². The summed E-state index contributed by atoms with van der Waals surface area (Å²) >= 11 is 5.87. The molecule has 0 saturated heterocycles. The Balaban J connectivity index is 2.94. The van der Waals surface area contributed by atoms with Crippen molar-refractivity contribution in [2.24, 2.45) is 0 Å². The van der Waals surface area contributed by atoms with Crippen molar-refractivity contribution in [3.8, 4) is 0 Å². The first-order valence-corrected chi connectivity index (χ1v) is 5.54. The monoisotopic (exact) mass is 259 g/mol. The fraction of sp³-hybridized carbons (Fsp3) is 0.500. The number of aromatic nitrogens is 2. The molecule has 0 radical (unpaired) electrons. The molecule has 0 atom stereocenters. The summed E-state index contributed by atoms with van der Waals surface area (Å²) in [5, 5.41) is 6.84. The highest BCUT2D eigenvalue weighted by Crippen LogP contribution is 2.14. The molecular weight excluding hydrogens is 246 g/mol. The maximum Gasteiger partial charge on any atom is 0.327 e. The largest absolute Gasteiger partial charge is 0.468 e. The number of methoxy groups -OCH3 is 1. The predicted octanol–water partition coefficient (Wildman–Crippen LogP) is 0.892. The fourth-order valence-electron chi connectivity index (χ4n) is 1.15. The Hall–Kier alpha value is -1.56. The first-order chi connectivity index (χ1) is 8.10. The van der Waals surface area contributed by atoms with Gasteiger partial charge in [0.2, 0.25) is 0 Å². The highest BCUT2D eigenvalue weighted by atomic mass is 35.5. The molecule has 0 spiro atoms. The van der Waals surface area contributed by atoms with Crippen LogP contribution in [0, 0.1) is 0 Å². The minimum absolute atomic E-state index is 0.0253. The zero-order chi connectivity index (χ0) is 12.8. The Morgan fingerprint density at radius 2 is 2.35 bits per heavy atom. The molecule has 0 aliphatic rings. The van der Waals surface area contributed by atoms with E-state index in [1.807, 2.05) is 6.92 Å². The van der Waals surface area contributed by atoms with Crippen LogP contribution in [-0.2, 0) is 16.1 Å². The summed E-state index contributed by atoms with van der Waals surface area (Å²) in [5.41, 5.74) is -0.0437. The number of esters is 1. The fourth-order valence-corrected chi connectivity index (χ4v) is 1.36. The van der Waals surface area contributed by atoms with Gasteiger partial charge in [0.25, 0.3) is 5.56 Å². The number of ether oxygens (including phenoxy) is 1. The van der Waals surface area contributed by atoms with Gasteiger partial charge in [-0.15, -0.1) is 0 Å². The summed E-state index contributed by atoms with van der Waals surface area (Å²) in [4.78, 5) is 22.7. The van der Waals surface area contributed by atoms with E-state index in [0.717, 1.165) is 11.1 Å². The van der Waals surface area contributed by atoms with Gasteiger partial charge in [-0.1, -0.05) is 18.5 Å². The van der Waals surface area contributed by atoms with E-state index in [4.69, 9.17) is 11.6 Å². The summed E-state index contributed by atoms with van der Waals surface area (Å²) < 4.78 is 5.41. The third-order valence-electron chi connectivity index (χ3n) is 2.06. The molecule has 0 aromatic carbocycles. The van der Waals surface area contributed by atoms with E-state index in [2.05, 4.69) is 15.2 Å². The lowest BCUT2D eigenvalue weighted by Gasteiger charge is -2.08. The number of nitrogens with zero attached hydrogens (tertiary/aromatic N) is 2. The molecule has 0 aliphatic heterocycles. The molecule has 1 heterocycles. The van der Waals surface area contributed by atoms with Crippen LogP contribution in [0.1, 0.15) is 13.3 Å². The molecule has 94 valence electrons. The van der Waals surface area contributed by atoms with E-state index in [0.29, 0.717) is 12.2 Å². The highest BCUT2D eigenvalue weighted by Gasteiger charge is 2.11. The van der Waals surface area contributed by atoms with Crippen LogP contribution in [-0.4, -0.2) is 29.4 Å². The maximum atomic E-state index is 11.7. The third-order valence-corrected chi connectivity index (χ3v) is 2.42. The predicted molar refractivity (Wildman–Crippen MR) is 64.3 cm³/mol. The second-order valence-electron chi connectivity index (χ2n) is 3.34. The highest BCUT2D eigenvalue weighted by molar-refractivity contribution is 6.32. The molecule has 0 saturated carbocycles. The summed E-state index contributed by atoms with van der Waals surface area (Å²) in [5.74, 6) is -0.551. The molecular formula is C10H14ClN3O3. The van der Waals surface area contributed by atoms with E-state index < -0.39 is 11.5 Å². The number of nitrogens with one attached hydrogen (secondary N) is 1. The number of rotatable bonds is 5. The molecule has 1 N–H and O–H groups in total. The van der Waals surface area contributed by atoms with Gasteiger partial charge in [0.05, 0.1) is 19.0 Å². The molecule has 1 rings (SSSR count). The molecule has 1 aromatic rings. The summed E-state index contributed by atoms with van der Waals surface area (Å²) in [6.07, 6.45) is 2.32. The van der Waals surface area contributed by atoms with Crippen molar-refractivity contribution < 1.29 is 9.53 Å². The number of anilines is 1. The van der Waals surface area contributed by atoms with Gasteiger partial charge in [-0.05, 0) is 6.42 Å². The Morgan fingerprint density at radius 1 is 1.65 bits per heavy atom. The molecule has 6 nitrogen and oxygen atoms in total. The standard InChI is InChI=1S/C10H14ClN3O3/c1-3-4-12-7-5-13-14(6-8(15)17-2)10(16)9(7)11/h5,12H,3-4,6H2,1-2H3. The number of hydrogen-bond donors (Lipinski definition) is 1. The van der Waals surface area contributed by atoms with Crippen LogP contribution in [0.15, 0.2) is 11.0 Å². The zero-order valence-corrected chi connectivity index (χ0v) is 10.5. The Morgan fingerprint density at radius 3 is 2.94 bits per heavy atom. The Kier molecular flexibility index (Phi) is 4.96. The van der Waals surface area contributed by atoms with Crippen molar-refractivity contribution in [2.75, 3.05) is 19.0 Å². The zero-order valence-electron chi connectivity index (χ0n) is 9.70. The number of carbonyl (C=O) groups excluding carboxylic acids is 1. The van der Waals surface area contributed by atoms with E-state index >= 15 is 0 Å². The molecule has 0 unspecified atom stereocenters. The number of halogens is 1. The second-order valence-corrected chi connectivity index (χ2v) is 3.72. The molecule has 0 fully saturated rings. The van der Waals surface area contributed by atoms with Gasteiger partial charge in [0, 0.05) is 6.54 Å². The second kappa shape index (κ2) is 6.24. The van der Waals surface area contributed by atoms with Gasteiger partial charge in [-0.2, -0.15) is 5.10 Å². The summed E-state index contributed by atoms with van der Waals surface area (Å²) in [6, 6.07) is 0. The van der Waals surface area contributed by atoms with Crippen molar-refractivity contribution in [2.45, 2.75) is 19.9 Å². The van der Waals surface area contributed by atoms with Crippen LogP contribution in [0.5, 0.6) is 0 Å². The minimum atomic E-state index is -0.551. The van der Waals surface area contributed by atoms with Crippen molar-refractivity contribution >= 4 is 23.3 Å². The normalized spacial score (nSPS) is 10.1. The van der Waals surface area contributed by atoms with Gasteiger partial charge in [-0.25, -0.2) is 4.68 Å². The first-order valence-electron chi connectivity index (χ1n) is 5.16. The lowest BCUT2D eigenvalue weighted by atomic mass is 10.4. The van der Waals surface area contributed by atoms with Crippen LogP contribution in [0.4, 0.5) is 5.69 Å². The van der Waals surface area contributed by atoms with E-state index in [1.165, 1.54) is 13.3 Å². The molecule has 17 heavy (non-hydrogen) atoms. The molecule has 0 amide bonds. The van der Waals surface area contributed by atoms with E-state index in [-0.39, 0.29) is 11.6 Å². The van der Waals surface area contributed by atoms with Crippen molar-refractivity contribution in [3.05, 3.63) is 21.6 Å². The smallest absolute Gasteiger partial charge is 0.327 e. The molecule has 1 aromatic heterocycles. The Labute approximate surface area is 104 Å². The quantitative estimate of drug-likeness (QED) is 0.795. The van der Waals surface area contributed by atoms with Gasteiger partial charge in [0.15, 0.2) is 0 Å². The first kappa shape index (κ1) is 13.5. The van der Waals surface area contributed by atoms with Crippen molar-refractivity contribution in [3.63, 3.8) is 0 Å². The lowest BCUT2D eigenvalue weighted by Crippen LogP contribution is -2.28. The summed E-state index contributed by atoms with van der Waals surface area (Å²) in [7, 11) is 1.24. The van der Waals surface area contributed by atoms with E-state index in [1.54, 1.807) is 0 Å². The average Bonchev–Trinajstić information content (AvgIpc) is 2.34. The number of hydrogen-bond acceptors (Lipinski definition) is 5. The van der Waals surface area contributed by atoms with E-state index in [9.17, 15) is 9.59 Å². The third kappa shape index (κ3) is 3.45. The van der Waals surface area contributed by atoms with Gasteiger partial charge in [-0.3, -0.25) is 9.59 Å². The average molecular weight is 260 g/mol. The van der Waals surface area contributed by atoms with Crippen molar-refractivity contribution in [1.29, 1.82) is 0 Å². The van der Waals surface area contributed by atoms with Gasteiger partial charge in [0.1, 0.15) is 11.6 Å². The van der Waals surface area contributed by atoms with Crippen LogP contribution >= 0.6 is 11.6 Å². The van der Waals surface area contributed by atoms with Crippen LogP contribution in [0.25, 0.3) is 0 Å². The molecule has 0 aliphatic carbocycles. The number of carbonyl (C=O) groups is 1. The topological polar surface area (TPSA) is 73.2 Å². The maximum absolute atomic E-state index is 11.7. The minimum Gasteiger partial charge on any atom is -0.468 e.